The Hall–Kier alpha value is -2.02. The second-order valence-electron chi connectivity index (χ2n) is 4.53. The Kier molecular flexibility index (Phi) is 4.85. The number of thiophene rings is 3. The Labute approximate surface area is 145 Å². The average Bonchev–Trinajstić information content (AvgIpc) is 3.31. The van der Waals surface area contributed by atoms with Crippen molar-refractivity contribution in [2.75, 3.05) is 7.11 Å². The van der Waals surface area contributed by atoms with Gasteiger partial charge in [0, 0.05) is 24.4 Å². The van der Waals surface area contributed by atoms with Crippen LogP contribution in [0.2, 0.25) is 0 Å². The molecular formula is C17H12O3S3. The molecule has 0 aliphatic carbocycles. The van der Waals surface area contributed by atoms with Gasteiger partial charge in [-0.1, -0.05) is 6.07 Å². The van der Waals surface area contributed by atoms with Crippen molar-refractivity contribution in [1.82, 2.24) is 0 Å². The summed E-state index contributed by atoms with van der Waals surface area (Å²) in [6.45, 7) is 0. The smallest absolute Gasteiger partial charge is 0.378 e. The predicted molar refractivity (Wildman–Crippen MR) is 97.0 cm³/mol. The number of hydrogen-bond acceptors (Lipinski definition) is 6. The molecule has 3 heterocycles. The quantitative estimate of drug-likeness (QED) is 0.367. The molecule has 0 saturated heterocycles. The van der Waals surface area contributed by atoms with Crippen molar-refractivity contribution in [3.05, 3.63) is 52.7 Å². The minimum absolute atomic E-state index is 0.654. The maximum atomic E-state index is 11.4. The van der Waals surface area contributed by atoms with Gasteiger partial charge in [0.2, 0.25) is 0 Å². The number of ketones is 1. The summed E-state index contributed by atoms with van der Waals surface area (Å²) in [4.78, 5) is 28.2. The van der Waals surface area contributed by atoms with E-state index in [1.54, 1.807) is 40.1 Å². The van der Waals surface area contributed by atoms with Crippen LogP contribution >= 0.6 is 34.0 Å². The standard InChI is InChI=1S/C17H12O3S3/c1-20-17(19)12(18)6-4-11-5-7-15(22-11)16-9-8-14(23-16)13-3-2-10-21-13/h2-10H,1H3/b6-4+. The van der Waals surface area contributed by atoms with E-state index in [4.69, 9.17) is 0 Å². The van der Waals surface area contributed by atoms with E-state index in [0.717, 1.165) is 9.75 Å². The monoisotopic (exact) mass is 360 g/mol. The Morgan fingerprint density at radius 1 is 0.957 bits per heavy atom. The molecule has 6 heteroatoms. The zero-order valence-electron chi connectivity index (χ0n) is 12.1. The van der Waals surface area contributed by atoms with E-state index in [0.29, 0.717) is 0 Å². The Morgan fingerprint density at radius 3 is 2.35 bits per heavy atom. The molecule has 0 atom stereocenters. The lowest BCUT2D eigenvalue weighted by Gasteiger charge is -1.91. The van der Waals surface area contributed by atoms with Crippen molar-refractivity contribution >= 4 is 51.8 Å². The van der Waals surface area contributed by atoms with Gasteiger partial charge in [0.15, 0.2) is 0 Å². The molecule has 0 radical (unpaired) electrons. The van der Waals surface area contributed by atoms with Crippen molar-refractivity contribution in [3.63, 3.8) is 0 Å². The number of carbonyl (C=O) groups is 2. The first kappa shape index (κ1) is 15.9. The zero-order chi connectivity index (χ0) is 16.2. The fraction of sp³-hybridized carbons (Fsp3) is 0.0588. The zero-order valence-corrected chi connectivity index (χ0v) is 14.6. The summed E-state index contributed by atoms with van der Waals surface area (Å²) in [5, 5.41) is 2.07. The van der Waals surface area contributed by atoms with Crippen molar-refractivity contribution in [1.29, 1.82) is 0 Å². The number of ether oxygens (including phenoxy) is 1. The largest absolute Gasteiger partial charge is 0.463 e. The van der Waals surface area contributed by atoms with E-state index >= 15 is 0 Å². The maximum Gasteiger partial charge on any atom is 0.378 e. The number of carbonyl (C=O) groups excluding carboxylic acids is 2. The molecule has 0 aliphatic rings. The Morgan fingerprint density at radius 2 is 1.65 bits per heavy atom. The Balaban J connectivity index is 1.76. The van der Waals surface area contributed by atoms with Gasteiger partial charge in [-0.2, -0.15) is 0 Å². The highest BCUT2D eigenvalue weighted by Crippen LogP contribution is 2.39. The SMILES string of the molecule is COC(=O)C(=O)/C=C/c1ccc(-c2ccc(-c3cccs3)s2)s1. The number of methoxy groups -OCH3 is 1. The normalized spacial score (nSPS) is 11.0. The molecule has 116 valence electrons. The van der Waals surface area contributed by atoms with E-state index in [1.807, 2.05) is 18.2 Å². The molecular weight excluding hydrogens is 348 g/mol. The van der Waals surface area contributed by atoms with Gasteiger partial charge in [-0.25, -0.2) is 4.79 Å². The highest BCUT2D eigenvalue weighted by atomic mass is 32.1. The molecule has 3 aromatic rings. The van der Waals surface area contributed by atoms with Gasteiger partial charge in [0.1, 0.15) is 0 Å². The third-order valence-corrected chi connectivity index (χ3v) is 6.42. The van der Waals surface area contributed by atoms with Crippen molar-refractivity contribution in [2.45, 2.75) is 0 Å². The van der Waals surface area contributed by atoms with Crippen LogP contribution < -0.4 is 0 Å². The summed E-state index contributed by atoms with van der Waals surface area (Å²) < 4.78 is 4.38. The minimum Gasteiger partial charge on any atom is -0.463 e. The van der Waals surface area contributed by atoms with Crippen molar-refractivity contribution in [3.8, 4) is 19.5 Å². The fourth-order valence-electron chi connectivity index (χ4n) is 1.92. The van der Waals surface area contributed by atoms with Gasteiger partial charge < -0.3 is 4.74 Å². The third kappa shape index (κ3) is 3.67. The van der Waals surface area contributed by atoms with E-state index < -0.39 is 11.8 Å². The highest BCUT2D eigenvalue weighted by molar-refractivity contribution is 7.26. The molecule has 0 saturated carbocycles. The molecule has 3 aromatic heterocycles. The highest BCUT2D eigenvalue weighted by Gasteiger charge is 2.10. The van der Waals surface area contributed by atoms with Crippen LogP contribution in [0.1, 0.15) is 4.88 Å². The Bertz CT molecular complexity index is 853. The van der Waals surface area contributed by atoms with E-state index in [9.17, 15) is 9.59 Å². The molecule has 0 fully saturated rings. The van der Waals surface area contributed by atoms with E-state index in [-0.39, 0.29) is 0 Å². The lowest BCUT2D eigenvalue weighted by Crippen LogP contribution is -2.11. The summed E-state index contributed by atoms with van der Waals surface area (Å²) in [6.07, 6.45) is 2.88. The van der Waals surface area contributed by atoms with Gasteiger partial charge in [-0.3, -0.25) is 4.79 Å². The van der Waals surface area contributed by atoms with Crippen LogP contribution in [0.25, 0.3) is 25.6 Å². The van der Waals surface area contributed by atoms with Crippen LogP contribution in [-0.4, -0.2) is 18.9 Å². The summed E-state index contributed by atoms with van der Waals surface area (Å²) in [7, 11) is 1.19. The van der Waals surface area contributed by atoms with Crippen LogP contribution in [0.5, 0.6) is 0 Å². The summed E-state index contributed by atoms with van der Waals surface area (Å²) in [5.74, 6) is -1.50. The first-order valence-corrected chi connectivity index (χ1v) is 9.23. The third-order valence-electron chi connectivity index (χ3n) is 3.03. The summed E-state index contributed by atoms with van der Waals surface area (Å²) in [5.41, 5.74) is 0. The van der Waals surface area contributed by atoms with Crippen LogP contribution in [0.15, 0.2) is 47.9 Å². The van der Waals surface area contributed by atoms with Crippen LogP contribution in [0.4, 0.5) is 0 Å². The average molecular weight is 360 g/mol. The number of hydrogen-bond donors (Lipinski definition) is 0. The van der Waals surface area contributed by atoms with Gasteiger partial charge in [-0.05, 0) is 47.9 Å². The van der Waals surface area contributed by atoms with Crippen LogP contribution in [0, 0.1) is 0 Å². The van der Waals surface area contributed by atoms with Gasteiger partial charge in [0.25, 0.3) is 5.78 Å². The fourth-order valence-corrected chi connectivity index (χ4v) is 4.76. The van der Waals surface area contributed by atoms with Gasteiger partial charge in [0.05, 0.1) is 7.11 Å². The molecule has 3 nitrogen and oxygen atoms in total. The van der Waals surface area contributed by atoms with Crippen molar-refractivity contribution in [2.24, 2.45) is 0 Å². The molecule has 0 aromatic carbocycles. The van der Waals surface area contributed by atoms with Crippen LogP contribution in [-0.2, 0) is 14.3 Å². The summed E-state index contributed by atoms with van der Waals surface area (Å²) in [6, 6.07) is 12.4. The van der Waals surface area contributed by atoms with E-state index in [2.05, 4.69) is 28.3 Å². The second kappa shape index (κ2) is 7.04. The topological polar surface area (TPSA) is 43.4 Å². The van der Waals surface area contributed by atoms with Crippen LogP contribution in [0.3, 0.4) is 0 Å². The molecule has 0 spiro atoms. The van der Waals surface area contributed by atoms with Gasteiger partial charge in [-0.15, -0.1) is 34.0 Å². The molecule has 0 aliphatic heterocycles. The summed E-state index contributed by atoms with van der Waals surface area (Å²) >= 11 is 5.05. The number of rotatable bonds is 5. The molecule has 23 heavy (non-hydrogen) atoms. The predicted octanol–water partition coefficient (Wildman–Crippen LogP) is 4.96. The molecule has 0 N–H and O–H groups in total. The molecule has 0 bridgehead atoms. The second-order valence-corrected chi connectivity index (χ2v) is 7.68. The number of esters is 1. The van der Waals surface area contributed by atoms with Crippen molar-refractivity contribution < 1.29 is 14.3 Å². The lowest BCUT2D eigenvalue weighted by molar-refractivity contribution is -0.149. The molecule has 0 unspecified atom stereocenters. The first-order chi connectivity index (χ1) is 11.2. The minimum atomic E-state index is -0.850. The first-order valence-electron chi connectivity index (χ1n) is 6.71. The van der Waals surface area contributed by atoms with E-state index in [1.165, 1.54) is 27.8 Å². The molecule has 0 amide bonds. The van der Waals surface area contributed by atoms with Gasteiger partial charge >= 0.3 is 5.97 Å². The molecule has 3 rings (SSSR count). The maximum absolute atomic E-state index is 11.4. The lowest BCUT2D eigenvalue weighted by atomic mass is 10.3.